The van der Waals surface area contributed by atoms with Gasteiger partial charge in [0, 0.05) is 23.2 Å². The van der Waals surface area contributed by atoms with Gasteiger partial charge in [0.05, 0.1) is 16.4 Å². The molecule has 1 saturated carbocycles. The number of rotatable bonds is 3. The van der Waals surface area contributed by atoms with Gasteiger partial charge in [0.25, 0.3) is 5.56 Å². The van der Waals surface area contributed by atoms with E-state index in [1.165, 1.54) is 11.6 Å². The van der Waals surface area contributed by atoms with Gasteiger partial charge in [0.1, 0.15) is 5.82 Å². The van der Waals surface area contributed by atoms with Gasteiger partial charge in [-0.05, 0) is 85.5 Å². The van der Waals surface area contributed by atoms with Crippen LogP contribution >= 0.6 is 11.6 Å². The summed E-state index contributed by atoms with van der Waals surface area (Å²) < 4.78 is 15.5. The van der Waals surface area contributed by atoms with Crippen LogP contribution in [-0.2, 0) is 6.54 Å². The summed E-state index contributed by atoms with van der Waals surface area (Å²) >= 11 is 6.04. The Morgan fingerprint density at radius 2 is 1.90 bits per heavy atom. The van der Waals surface area contributed by atoms with Crippen LogP contribution in [0.15, 0.2) is 53.5 Å². The van der Waals surface area contributed by atoms with Gasteiger partial charge in [0.15, 0.2) is 0 Å². The zero-order valence-electron chi connectivity index (χ0n) is 15.9. The quantitative estimate of drug-likeness (QED) is 0.475. The van der Waals surface area contributed by atoms with Crippen molar-refractivity contribution in [2.75, 3.05) is 0 Å². The second-order valence-corrected chi connectivity index (χ2v) is 8.43. The lowest BCUT2D eigenvalue weighted by molar-refractivity contribution is 0.284. The molecule has 4 nitrogen and oxygen atoms in total. The first-order valence-corrected chi connectivity index (χ1v) is 10.4. The molecule has 0 radical (unpaired) electrons. The summed E-state index contributed by atoms with van der Waals surface area (Å²) in [7, 11) is 0. The number of halogens is 2. The molecule has 0 unspecified atom stereocenters. The summed E-state index contributed by atoms with van der Waals surface area (Å²) in [5, 5.41) is 5.40. The third-order valence-corrected chi connectivity index (χ3v) is 6.41. The van der Waals surface area contributed by atoms with E-state index >= 15 is 0 Å². The highest BCUT2D eigenvalue weighted by Crippen LogP contribution is 2.38. The summed E-state index contributed by atoms with van der Waals surface area (Å²) in [4.78, 5) is 17.0. The lowest BCUT2D eigenvalue weighted by Gasteiger charge is -2.29. The molecule has 2 aromatic heterocycles. The van der Waals surface area contributed by atoms with E-state index in [0.717, 1.165) is 42.1 Å². The Morgan fingerprint density at radius 1 is 1.07 bits per heavy atom. The average molecular weight is 410 g/mol. The Morgan fingerprint density at radius 3 is 2.72 bits per heavy atom. The molecule has 1 fully saturated rings. The van der Waals surface area contributed by atoms with Gasteiger partial charge in [0.2, 0.25) is 0 Å². The van der Waals surface area contributed by atoms with Crippen LogP contribution < -0.4 is 5.56 Å². The number of hydrogen-bond acceptors (Lipinski definition) is 2. The van der Waals surface area contributed by atoms with E-state index in [4.69, 9.17) is 11.6 Å². The van der Waals surface area contributed by atoms with Gasteiger partial charge in [-0.25, -0.2) is 4.39 Å². The highest BCUT2D eigenvalue weighted by molar-refractivity contribution is 6.31. The molecule has 0 bridgehead atoms. The Balaban J connectivity index is 1.33. The van der Waals surface area contributed by atoms with Gasteiger partial charge in [-0.15, -0.1) is 0 Å². The molecule has 5 rings (SSSR count). The van der Waals surface area contributed by atoms with E-state index in [9.17, 15) is 9.18 Å². The molecule has 1 aliphatic rings. The first-order chi connectivity index (χ1) is 14.1. The van der Waals surface area contributed by atoms with Crippen LogP contribution in [0.2, 0.25) is 5.02 Å². The first-order valence-electron chi connectivity index (χ1n) is 10.0. The molecule has 0 atom stereocenters. The van der Waals surface area contributed by atoms with E-state index in [1.54, 1.807) is 35.0 Å². The van der Waals surface area contributed by atoms with Crippen molar-refractivity contribution < 1.29 is 4.39 Å². The molecule has 1 N–H and O–H groups in total. The normalized spacial score (nSPS) is 19.8. The van der Waals surface area contributed by atoms with Crippen molar-refractivity contribution in [3.8, 4) is 0 Å². The first kappa shape index (κ1) is 18.4. The summed E-state index contributed by atoms with van der Waals surface area (Å²) in [6.07, 6.45) is 5.94. The fraction of sp³-hybridized carbons (Fsp3) is 0.304. The molecular weight excluding hydrogens is 389 g/mol. The molecule has 0 amide bonds. The fourth-order valence-electron chi connectivity index (χ4n) is 4.68. The highest BCUT2D eigenvalue weighted by atomic mass is 35.5. The van der Waals surface area contributed by atoms with Gasteiger partial charge >= 0.3 is 0 Å². The third kappa shape index (κ3) is 3.44. The van der Waals surface area contributed by atoms with Crippen LogP contribution in [0, 0.1) is 11.7 Å². The van der Waals surface area contributed by atoms with Crippen molar-refractivity contribution in [1.82, 2.24) is 14.8 Å². The summed E-state index contributed by atoms with van der Waals surface area (Å²) in [5.41, 5.74) is 2.82. The molecule has 2 heterocycles. The molecule has 6 heteroatoms. The Bertz CT molecular complexity index is 1250. The van der Waals surface area contributed by atoms with Crippen LogP contribution in [-0.4, -0.2) is 14.8 Å². The van der Waals surface area contributed by atoms with Gasteiger partial charge < -0.3 is 0 Å². The largest absolute Gasteiger partial charge is 0.295 e. The second kappa shape index (κ2) is 7.30. The SMILES string of the molecule is O=c1c2ccc(Cl)cc2[nH]n1C[C@H]1CC[C@@H](c2ccnc3ccc(F)cc32)CC1. The summed E-state index contributed by atoms with van der Waals surface area (Å²) in [5.74, 6) is 0.618. The van der Waals surface area contributed by atoms with Crippen molar-refractivity contribution >= 4 is 33.4 Å². The number of fused-ring (bicyclic) bond motifs is 2. The molecule has 29 heavy (non-hydrogen) atoms. The minimum absolute atomic E-state index is 0.00870. The van der Waals surface area contributed by atoms with Crippen LogP contribution in [0.4, 0.5) is 4.39 Å². The van der Waals surface area contributed by atoms with Gasteiger partial charge in [-0.3, -0.25) is 19.6 Å². The maximum atomic E-state index is 13.8. The van der Waals surface area contributed by atoms with E-state index < -0.39 is 0 Å². The number of nitrogens with one attached hydrogen (secondary N) is 1. The molecule has 2 aromatic carbocycles. The third-order valence-electron chi connectivity index (χ3n) is 6.18. The zero-order valence-corrected chi connectivity index (χ0v) is 16.6. The van der Waals surface area contributed by atoms with Crippen LogP contribution in [0.25, 0.3) is 21.8 Å². The van der Waals surface area contributed by atoms with E-state index in [-0.39, 0.29) is 11.4 Å². The van der Waals surface area contributed by atoms with Crippen LogP contribution in [0.3, 0.4) is 0 Å². The highest BCUT2D eigenvalue weighted by Gasteiger charge is 2.25. The Kier molecular flexibility index (Phi) is 4.63. The van der Waals surface area contributed by atoms with Gasteiger partial charge in [-0.1, -0.05) is 11.6 Å². The molecule has 0 spiro atoms. The van der Waals surface area contributed by atoms with Gasteiger partial charge in [-0.2, -0.15) is 0 Å². The molecule has 4 aromatic rings. The lowest BCUT2D eigenvalue weighted by atomic mass is 9.78. The minimum Gasteiger partial charge on any atom is -0.295 e. The zero-order chi connectivity index (χ0) is 20.0. The van der Waals surface area contributed by atoms with Crippen molar-refractivity contribution in [3.05, 3.63) is 75.4 Å². The number of aromatic nitrogens is 3. The van der Waals surface area contributed by atoms with Crippen molar-refractivity contribution in [2.45, 2.75) is 38.1 Å². The number of H-pyrrole nitrogens is 1. The Labute approximate surface area is 172 Å². The molecule has 0 saturated heterocycles. The molecular formula is C23H21ClFN3O. The maximum Gasteiger partial charge on any atom is 0.274 e. The lowest BCUT2D eigenvalue weighted by Crippen LogP contribution is -2.24. The van der Waals surface area contributed by atoms with E-state index in [1.807, 2.05) is 12.3 Å². The van der Waals surface area contributed by atoms with E-state index in [0.29, 0.717) is 28.8 Å². The van der Waals surface area contributed by atoms with Crippen LogP contribution in [0.1, 0.15) is 37.2 Å². The number of benzene rings is 2. The summed E-state index contributed by atoms with van der Waals surface area (Å²) in [6.45, 7) is 0.684. The summed E-state index contributed by atoms with van der Waals surface area (Å²) in [6, 6.07) is 12.1. The van der Waals surface area contributed by atoms with Crippen LogP contribution in [0.5, 0.6) is 0 Å². The predicted molar refractivity (Wildman–Crippen MR) is 114 cm³/mol. The monoisotopic (exact) mass is 409 g/mol. The minimum atomic E-state index is -0.223. The van der Waals surface area contributed by atoms with E-state index in [2.05, 4.69) is 10.1 Å². The molecule has 0 aliphatic heterocycles. The smallest absolute Gasteiger partial charge is 0.274 e. The molecule has 1 aliphatic carbocycles. The second-order valence-electron chi connectivity index (χ2n) is 8.00. The standard InChI is InChI=1S/C23H21ClFN3O/c24-16-5-7-19-22(11-16)27-28(23(19)29)13-14-1-3-15(4-2-14)18-9-10-26-21-8-6-17(25)12-20(18)21/h5-12,14-15,27H,1-4,13H2/t14-,15+. The number of aromatic amines is 1. The van der Waals surface area contributed by atoms with Crippen molar-refractivity contribution in [3.63, 3.8) is 0 Å². The number of pyridine rings is 1. The van der Waals surface area contributed by atoms with Crippen molar-refractivity contribution in [1.29, 1.82) is 0 Å². The fourth-order valence-corrected chi connectivity index (χ4v) is 4.85. The number of hydrogen-bond donors (Lipinski definition) is 1. The average Bonchev–Trinajstić information content (AvgIpc) is 3.02. The predicted octanol–water partition coefficient (Wildman–Crippen LogP) is 5.64. The van der Waals surface area contributed by atoms with Crippen molar-refractivity contribution in [2.24, 2.45) is 5.92 Å². The topological polar surface area (TPSA) is 50.7 Å². The maximum absolute atomic E-state index is 13.8. The Hall–Kier alpha value is -2.66. The molecule has 148 valence electrons. The number of nitrogens with zero attached hydrogens (tertiary/aromatic N) is 2.